The molecule has 0 amide bonds. The van der Waals surface area contributed by atoms with Gasteiger partial charge in [0, 0.05) is 12.8 Å². The predicted octanol–water partition coefficient (Wildman–Crippen LogP) is 9.39. The zero-order valence-corrected chi connectivity index (χ0v) is 34.7. The van der Waals surface area contributed by atoms with E-state index in [0.29, 0.717) is 6.42 Å². The summed E-state index contributed by atoms with van der Waals surface area (Å²) in [5, 5.41) is 39.9. The van der Waals surface area contributed by atoms with Gasteiger partial charge >= 0.3 is 11.9 Å². The summed E-state index contributed by atoms with van der Waals surface area (Å²) in [5.41, 5.74) is 0. The van der Waals surface area contributed by atoms with Gasteiger partial charge in [0.05, 0.1) is 13.2 Å². The van der Waals surface area contributed by atoms with Gasteiger partial charge in [-0.05, 0) is 12.8 Å². The molecule has 1 rings (SSSR count). The summed E-state index contributed by atoms with van der Waals surface area (Å²) in [4.78, 5) is 25.1. The zero-order valence-electron chi connectivity index (χ0n) is 34.7. The van der Waals surface area contributed by atoms with Gasteiger partial charge in [-0.1, -0.05) is 187 Å². The van der Waals surface area contributed by atoms with E-state index < -0.39 is 49.4 Å². The summed E-state index contributed by atoms with van der Waals surface area (Å²) >= 11 is 0. The van der Waals surface area contributed by atoms with E-state index in [1.807, 2.05) is 0 Å². The average molecular weight is 773 g/mol. The lowest BCUT2D eigenvalue weighted by Crippen LogP contribution is -2.59. The van der Waals surface area contributed by atoms with Crippen LogP contribution < -0.4 is 0 Å². The summed E-state index contributed by atoms with van der Waals surface area (Å²) in [6, 6.07) is 0. The molecule has 0 aromatic carbocycles. The number of aliphatic hydroxyl groups is 4. The van der Waals surface area contributed by atoms with E-state index in [-0.39, 0.29) is 32.0 Å². The highest BCUT2D eigenvalue weighted by Crippen LogP contribution is 2.23. The molecule has 0 spiro atoms. The third kappa shape index (κ3) is 27.3. The van der Waals surface area contributed by atoms with Gasteiger partial charge < -0.3 is 39.4 Å². The number of unbranched alkanes of at least 4 members (excludes halogenated alkanes) is 27. The SMILES string of the molecule is CCCCCCCCCCCCCCCCCCCCCCCCC(=O)O[C@H](COC(=O)CCCCCCCCC)CO[C@H]1O[C@@H](CO)[C@@H](O)C(O)C1O. The lowest BCUT2D eigenvalue weighted by Gasteiger charge is -2.39. The van der Waals surface area contributed by atoms with Gasteiger partial charge in [0.25, 0.3) is 0 Å². The number of carbonyl (C=O) groups is 2. The Kier molecular flexibility index (Phi) is 33.9. The van der Waals surface area contributed by atoms with Crippen LogP contribution in [0.15, 0.2) is 0 Å². The first-order valence-corrected chi connectivity index (χ1v) is 22.6. The minimum Gasteiger partial charge on any atom is -0.462 e. The molecule has 0 aromatic heterocycles. The van der Waals surface area contributed by atoms with Crippen molar-refractivity contribution >= 4 is 11.9 Å². The molecule has 1 fully saturated rings. The molecule has 1 saturated heterocycles. The number of hydrogen-bond acceptors (Lipinski definition) is 10. The minimum atomic E-state index is -1.59. The van der Waals surface area contributed by atoms with Crippen LogP contribution in [0.25, 0.3) is 0 Å². The Hall–Kier alpha value is -1.30. The molecule has 0 bridgehead atoms. The summed E-state index contributed by atoms with van der Waals surface area (Å²) in [6.07, 6.45) is 28.6. The molecule has 0 aliphatic carbocycles. The largest absolute Gasteiger partial charge is 0.462 e. The summed E-state index contributed by atoms with van der Waals surface area (Å²) in [7, 11) is 0. The predicted molar refractivity (Wildman–Crippen MR) is 215 cm³/mol. The molecule has 2 unspecified atom stereocenters. The highest BCUT2D eigenvalue weighted by molar-refractivity contribution is 5.70. The van der Waals surface area contributed by atoms with Crippen LogP contribution in [0.1, 0.15) is 213 Å². The lowest BCUT2D eigenvalue weighted by molar-refractivity contribution is -0.305. The highest BCUT2D eigenvalue weighted by atomic mass is 16.7. The third-order valence-corrected chi connectivity index (χ3v) is 10.7. The van der Waals surface area contributed by atoms with Crippen LogP contribution in [0.2, 0.25) is 0 Å². The molecule has 10 nitrogen and oxygen atoms in total. The first-order valence-electron chi connectivity index (χ1n) is 22.6. The summed E-state index contributed by atoms with van der Waals surface area (Å²) in [6.45, 7) is 3.40. The molecule has 0 aromatic rings. The second kappa shape index (κ2) is 36.1. The Labute approximate surface area is 329 Å². The van der Waals surface area contributed by atoms with Crippen LogP contribution in [0.3, 0.4) is 0 Å². The van der Waals surface area contributed by atoms with E-state index in [4.69, 9.17) is 18.9 Å². The fourth-order valence-electron chi connectivity index (χ4n) is 7.13. The molecule has 4 N–H and O–H groups in total. The Morgan fingerprint density at radius 2 is 0.870 bits per heavy atom. The van der Waals surface area contributed by atoms with Crippen molar-refractivity contribution in [1.82, 2.24) is 0 Å². The van der Waals surface area contributed by atoms with Gasteiger partial charge in [-0.3, -0.25) is 9.59 Å². The van der Waals surface area contributed by atoms with Gasteiger partial charge in [-0.15, -0.1) is 0 Å². The molecular weight excluding hydrogens is 688 g/mol. The lowest BCUT2D eigenvalue weighted by atomic mass is 9.99. The first kappa shape index (κ1) is 50.7. The van der Waals surface area contributed by atoms with Crippen molar-refractivity contribution in [2.75, 3.05) is 19.8 Å². The fraction of sp³-hybridized carbons (Fsp3) is 0.955. The topological polar surface area (TPSA) is 152 Å². The number of hydrogen-bond donors (Lipinski definition) is 4. The van der Waals surface area contributed by atoms with Crippen molar-refractivity contribution in [2.24, 2.45) is 0 Å². The molecule has 1 aliphatic heterocycles. The van der Waals surface area contributed by atoms with Crippen LogP contribution >= 0.6 is 0 Å². The van der Waals surface area contributed by atoms with Crippen LogP contribution in [0.5, 0.6) is 0 Å². The van der Waals surface area contributed by atoms with Crippen molar-refractivity contribution < 1.29 is 49.0 Å². The average Bonchev–Trinajstić information content (AvgIpc) is 3.17. The standard InChI is InChI=1S/C44H84O10/c1-3-5-7-9-11-12-13-14-15-16-17-18-19-20-21-22-23-24-25-27-29-31-33-40(47)53-37(35-51-39(46)32-30-28-26-10-8-6-4-2)36-52-44-43(50)42(49)41(48)38(34-45)54-44/h37-38,41-45,48-50H,3-36H2,1-2H3/t37-,38+,41-,42?,43?,44+/m1/s1. The van der Waals surface area contributed by atoms with E-state index in [2.05, 4.69) is 13.8 Å². The fourth-order valence-corrected chi connectivity index (χ4v) is 7.13. The Morgan fingerprint density at radius 3 is 1.26 bits per heavy atom. The molecule has 1 heterocycles. The highest BCUT2D eigenvalue weighted by Gasteiger charge is 2.44. The smallest absolute Gasteiger partial charge is 0.306 e. The number of aliphatic hydroxyl groups excluding tert-OH is 4. The molecule has 10 heteroatoms. The molecule has 54 heavy (non-hydrogen) atoms. The van der Waals surface area contributed by atoms with Crippen molar-refractivity contribution in [2.45, 2.75) is 250 Å². The molecular formula is C44H84O10. The molecule has 0 saturated carbocycles. The van der Waals surface area contributed by atoms with Gasteiger partial charge in [0.1, 0.15) is 31.0 Å². The van der Waals surface area contributed by atoms with Crippen molar-refractivity contribution in [1.29, 1.82) is 0 Å². The quantitative estimate of drug-likeness (QED) is 0.0353. The van der Waals surface area contributed by atoms with Gasteiger partial charge in [-0.25, -0.2) is 0 Å². The van der Waals surface area contributed by atoms with Crippen LogP contribution in [-0.4, -0.2) is 89.0 Å². The third-order valence-electron chi connectivity index (χ3n) is 10.7. The van der Waals surface area contributed by atoms with E-state index in [9.17, 15) is 30.0 Å². The van der Waals surface area contributed by atoms with Gasteiger partial charge in [0.15, 0.2) is 12.4 Å². The Morgan fingerprint density at radius 1 is 0.500 bits per heavy atom. The maximum atomic E-state index is 12.7. The number of rotatable bonds is 38. The Balaban J connectivity index is 2.20. The second-order valence-electron chi connectivity index (χ2n) is 15.9. The number of carbonyl (C=O) groups excluding carboxylic acids is 2. The summed E-state index contributed by atoms with van der Waals surface area (Å²) in [5.74, 6) is -0.800. The van der Waals surface area contributed by atoms with Gasteiger partial charge in [0.2, 0.25) is 0 Å². The monoisotopic (exact) mass is 773 g/mol. The summed E-state index contributed by atoms with van der Waals surface area (Å²) < 4.78 is 22.1. The van der Waals surface area contributed by atoms with Gasteiger partial charge in [-0.2, -0.15) is 0 Å². The zero-order chi connectivity index (χ0) is 39.5. The molecule has 6 atom stereocenters. The number of esters is 2. The first-order chi connectivity index (χ1) is 26.3. The molecule has 0 radical (unpaired) electrons. The van der Waals surface area contributed by atoms with E-state index in [1.165, 1.54) is 135 Å². The number of ether oxygens (including phenoxy) is 4. The van der Waals surface area contributed by atoms with E-state index in [0.717, 1.165) is 44.9 Å². The molecule has 320 valence electrons. The maximum absolute atomic E-state index is 12.7. The molecule has 1 aliphatic rings. The minimum absolute atomic E-state index is 0.210. The Bertz CT molecular complexity index is 855. The van der Waals surface area contributed by atoms with E-state index in [1.54, 1.807) is 0 Å². The van der Waals surface area contributed by atoms with Crippen LogP contribution in [0, 0.1) is 0 Å². The van der Waals surface area contributed by atoms with Crippen molar-refractivity contribution in [3.8, 4) is 0 Å². The normalized spacial score (nSPS) is 20.6. The van der Waals surface area contributed by atoms with Crippen LogP contribution in [-0.2, 0) is 28.5 Å². The van der Waals surface area contributed by atoms with Crippen molar-refractivity contribution in [3.63, 3.8) is 0 Å². The van der Waals surface area contributed by atoms with E-state index >= 15 is 0 Å². The van der Waals surface area contributed by atoms with Crippen molar-refractivity contribution in [3.05, 3.63) is 0 Å². The maximum Gasteiger partial charge on any atom is 0.306 e. The van der Waals surface area contributed by atoms with Crippen LogP contribution in [0.4, 0.5) is 0 Å². The second-order valence-corrected chi connectivity index (χ2v) is 15.9.